The molecule has 1 saturated carbocycles. The minimum absolute atomic E-state index is 0.470. The van der Waals surface area contributed by atoms with Crippen LogP contribution in [0.15, 0.2) is 11.6 Å². The molecule has 0 radical (unpaired) electrons. The van der Waals surface area contributed by atoms with Crippen molar-refractivity contribution in [3.63, 3.8) is 0 Å². The van der Waals surface area contributed by atoms with E-state index < -0.39 is 0 Å². The average molecular weight is 167 g/mol. The van der Waals surface area contributed by atoms with Crippen LogP contribution in [0.25, 0.3) is 0 Å². The maximum absolute atomic E-state index is 5.83. The van der Waals surface area contributed by atoms with Gasteiger partial charge in [-0.15, -0.1) is 0 Å². The van der Waals surface area contributed by atoms with Gasteiger partial charge in [-0.05, 0) is 45.1 Å². The van der Waals surface area contributed by atoms with Crippen LogP contribution in [-0.2, 0) is 0 Å². The Morgan fingerprint density at radius 1 is 1.33 bits per heavy atom. The quantitative estimate of drug-likeness (QED) is 0.643. The van der Waals surface area contributed by atoms with Gasteiger partial charge in [-0.1, -0.05) is 24.5 Å². The summed E-state index contributed by atoms with van der Waals surface area (Å²) in [5.41, 5.74) is 7.72. The van der Waals surface area contributed by atoms with Gasteiger partial charge in [-0.25, -0.2) is 0 Å². The molecule has 0 unspecified atom stereocenters. The Morgan fingerprint density at radius 2 is 1.92 bits per heavy atom. The van der Waals surface area contributed by atoms with E-state index in [0.29, 0.717) is 5.41 Å². The second kappa shape index (κ2) is 4.08. The maximum Gasteiger partial charge on any atom is -0.00176 e. The van der Waals surface area contributed by atoms with Gasteiger partial charge in [-0.3, -0.25) is 0 Å². The zero-order valence-electron chi connectivity index (χ0n) is 8.40. The van der Waals surface area contributed by atoms with Crippen molar-refractivity contribution in [2.24, 2.45) is 11.1 Å². The Kier molecular flexibility index (Phi) is 3.33. The highest BCUT2D eigenvalue weighted by molar-refractivity contribution is 4.99. The van der Waals surface area contributed by atoms with E-state index in [9.17, 15) is 0 Å². The summed E-state index contributed by atoms with van der Waals surface area (Å²) in [4.78, 5) is 0. The van der Waals surface area contributed by atoms with Gasteiger partial charge in [-0.2, -0.15) is 0 Å². The molecule has 0 amide bonds. The normalized spacial score (nSPS) is 20.9. The smallest absolute Gasteiger partial charge is 0.00176 e. The van der Waals surface area contributed by atoms with Crippen LogP contribution in [0.3, 0.4) is 0 Å². The highest BCUT2D eigenvalue weighted by atomic mass is 14.6. The van der Waals surface area contributed by atoms with Crippen molar-refractivity contribution in [3.8, 4) is 0 Å². The van der Waals surface area contributed by atoms with Crippen LogP contribution in [0.5, 0.6) is 0 Å². The molecule has 1 rings (SSSR count). The molecule has 0 heterocycles. The van der Waals surface area contributed by atoms with Crippen LogP contribution in [0.4, 0.5) is 0 Å². The zero-order valence-corrected chi connectivity index (χ0v) is 8.40. The van der Waals surface area contributed by atoms with E-state index >= 15 is 0 Å². The minimum Gasteiger partial charge on any atom is -0.330 e. The Balaban J connectivity index is 2.50. The van der Waals surface area contributed by atoms with E-state index in [-0.39, 0.29) is 0 Å². The molecule has 0 aromatic carbocycles. The molecule has 1 aliphatic rings. The van der Waals surface area contributed by atoms with E-state index in [1.165, 1.54) is 37.7 Å². The Hall–Kier alpha value is -0.300. The molecule has 1 nitrogen and oxygen atoms in total. The van der Waals surface area contributed by atoms with Crippen molar-refractivity contribution >= 4 is 0 Å². The lowest BCUT2D eigenvalue weighted by atomic mass is 9.82. The van der Waals surface area contributed by atoms with Gasteiger partial charge in [0.2, 0.25) is 0 Å². The van der Waals surface area contributed by atoms with Gasteiger partial charge < -0.3 is 5.73 Å². The molecule has 1 heteroatoms. The molecule has 70 valence electrons. The molecule has 12 heavy (non-hydrogen) atoms. The fourth-order valence-electron chi connectivity index (χ4n) is 2.04. The largest absolute Gasteiger partial charge is 0.330 e. The number of allylic oxidation sites excluding steroid dienone is 2. The van der Waals surface area contributed by atoms with Crippen LogP contribution in [0, 0.1) is 5.41 Å². The lowest BCUT2D eigenvalue weighted by Gasteiger charge is -2.25. The monoisotopic (exact) mass is 167 g/mol. The van der Waals surface area contributed by atoms with Gasteiger partial charge in [0.15, 0.2) is 0 Å². The molecule has 0 aromatic heterocycles. The topological polar surface area (TPSA) is 26.0 Å². The molecule has 0 spiro atoms. The highest BCUT2D eigenvalue weighted by Crippen LogP contribution is 2.40. The standard InChI is InChI=1S/C11H21N/c1-10(2)5-8-11(9-12)6-3-4-7-11/h5H,3-4,6-9,12H2,1-2H3. The molecule has 2 N–H and O–H groups in total. The van der Waals surface area contributed by atoms with Crippen molar-refractivity contribution in [2.45, 2.75) is 46.0 Å². The summed E-state index contributed by atoms with van der Waals surface area (Å²) in [5, 5.41) is 0. The Bertz CT molecular complexity index is 160. The van der Waals surface area contributed by atoms with Gasteiger partial charge in [0.1, 0.15) is 0 Å². The van der Waals surface area contributed by atoms with Gasteiger partial charge in [0.25, 0.3) is 0 Å². The molecule has 0 bridgehead atoms. The predicted octanol–water partition coefficient (Wildman–Crippen LogP) is 2.86. The molecule has 1 aliphatic carbocycles. The summed E-state index contributed by atoms with van der Waals surface area (Å²) >= 11 is 0. The molecule has 0 atom stereocenters. The second-order valence-corrected chi connectivity index (χ2v) is 4.40. The summed E-state index contributed by atoms with van der Waals surface area (Å²) in [5.74, 6) is 0. The van der Waals surface area contributed by atoms with Crippen LogP contribution in [0.1, 0.15) is 46.0 Å². The number of rotatable bonds is 3. The van der Waals surface area contributed by atoms with Crippen molar-refractivity contribution in [3.05, 3.63) is 11.6 Å². The van der Waals surface area contributed by atoms with E-state index in [2.05, 4.69) is 19.9 Å². The highest BCUT2D eigenvalue weighted by Gasteiger charge is 2.30. The SMILES string of the molecule is CC(C)=CCC1(CN)CCCC1. The van der Waals surface area contributed by atoms with Crippen molar-refractivity contribution < 1.29 is 0 Å². The fourth-order valence-corrected chi connectivity index (χ4v) is 2.04. The second-order valence-electron chi connectivity index (χ2n) is 4.40. The maximum atomic E-state index is 5.83. The Morgan fingerprint density at radius 3 is 2.33 bits per heavy atom. The molecule has 0 saturated heterocycles. The van der Waals surface area contributed by atoms with Crippen LogP contribution >= 0.6 is 0 Å². The minimum atomic E-state index is 0.470. The first kappa shape index (κ1) is 9.79. The summed E-state index contributed by atoms with van der Waals surface area (Å²) in [6.45, 7) is 5.20. The van der Waals surface area contributed by atoms with E-state index in [4.69, 9.17) is 5.73 Å². The summed E-state index contributed by atoms with van der Waals surface area (Å²) < 4.78 is 0. The molecular formula is C11H21N. The van der Waals surface area contributed by atoms with E-state index in [0.717, 1.165) is 6.54 Å². The lowest BCUT2D eigenvalue weighted by Crippen LogP contribution is -2.26. The third-order valence-corrected chi connectivity index (χ3v) is 3.04. The first-order chi connectivity index (χ1) is 5.68. The van der Waals surface area contributed by atoms with Gasteiger partial charge in [0, 0.05) is 0 Å². The van der Waals surface area contributed by atoms with Crippen molar-refractivity contribution in [1.29, 1.82) is 0 Å². The first-order valence-electron chi connectivity index (χ1n) is 5.02. The first-order valence-corrected chi connectivity index (χ1v) is 5.02. The average Bonchev–Trinajstić information content (AvgIpc) is 2.50. The third-order valence-electron chi connectivity index (χ3n) is 3.04. The third kappa shape index (κ3) is 2.34. The summed E-state index contributed by atoms with van der Waals surface area (Å²) in [6.07, 6.45) is 8.99. The van der Waals surface area contributed by atoms with E-state index in [1.54, 1.807) is 0 Å². The van der Waals surface area contributed by atoms with Gasteiger partial charge in [0.05, 0.1) is 0 Å². The summed E-state index contributed by atoms with van der Waals surface area (Å²) in [6, 6.07) is 0. The Labute approximate surface area is 76.0 Å². The van der Waals surface area contributed by atoms with Crippen LogP contribution < -0.4 is 5.73 Å². The van der Waals surface area contributed by atoms with Crippen molar-refractivity contribution in [2.75, 3.05) is 6.54 Å². The zero-order chi connectivity index (χ0) is 9.03. The number of hydrogen-bond acceptors (Lipinski definition) is 1. The lowest BCUT2D eigenvalue weighted by molar-refractivity contribution is 0.313. The van der Waals surface area contributed by atoms with Crippen LogP contribution in [0.2, 0.25) is 0 Å². The molecule has 0 aromatic rings. The molecule has 0 aliphatic heterocycles. The van der Waals surface area contributed by atoms with Crippen molar-refractivity contribution in [1.82, 2.24) is 0 Å². The predicted molar refractivity (Wildman–Crippen MR) is 54.0 cm³/mol. The van der Waals surface area contributed by atoms with Gasteiger partial charge >= 0.3 is 0 Å². The number of nitrogens with two attached hydrogens (primary N) is 1. The molecular weight excluding hydrogens is 146 g/mol. The molecule has 1 fully saturated rings. The number of hydrogen-bond donors (Lipinski definition) is 1. The van der Waals surface area contributed by atoms with Crippen LogP contribution in [-0.4, -0.2) is 6.54 Å². The summed E-state index contributed by atoms with van der Waals surface area (Å²) in [7, 11) is 0. The van der Waals surface area contributed by atoms with E-state index in [1.807, 2.05) is 0 Å². The fraction of sp³-hybridized carbons (Fsp3) is 0.818.